The van der Waals surface area contributed by atoms with E-state index >= 15 is 0 Å². The van der Waals surface area contributed by atoms with Gasteiger partial charge >= 0.3 is 0 Å². The largest absolute Gasteiger partial charge is 0.457 e. The number of nitrogens with two attached hydrogens (primary N) is 1. The second kappa shape index (κ2) is 5.34. The van der Waals surface area contributed by atoms with E-state index in [9.17, 15) is 0 Å². The molecule has 0 heterocycles. The van der Waals surface area contributed by atoms with Crippen LogP contribution in [0.4, 0.5) is 0 Å². The third-order valence-electron chi connectivity index (χ3n) is 2.44. The van der Waals surface area contributed by atoms with Gasteiger partial charge in [0.25, 0.3) is 0 Å². The van der Waals surface area contributed by atoms with Crippen molar-refractivity contribution in [1.82, 2.24) is 0 Å². The van der Waals surface area contributed by atoms with Crippen molar-refractivity contribution in [2.45, 2.75) is 13.0 Å². The summed E-state index contributed by atoms with van der Waals surface area (Å²) < 4.78 is 6.73. The van der Waals surface area contributed by atoms with Gasteiger partial charge in [0.1, 0.15) is 11.5 Å². The zero-order chi connectivity index (χ0) is 12.3. The molecule has 0 aliphatic rings. The molecule has 0 saturated heterocycles. The predicted molar refractivity (Wildman–Crippen MR) is 73.3 cm³/mol. The van der Waals surface area contributed by atoms with Gasteiger partial charge in [0.05, 0.1) is 0 Å². The van der Waals surface area contributed by atoms with Crippen molar-refractivity contribution in [2.24, 2.45) is 5.73 Å². The van der Waals surface area contributed by atoms with Crippen LogP contribution in [0.2, 0.25) is 0 Å². The van der Waals surface area contributed by atoms with Crippen LogP contribution in [0.1, 0.15) is 18.5 Å². The number of benzene rings is 2. The average Bonchev–Trinajstić information content (AvgIpc) is 2.29. The van der Waals surface area contributed by atoms with E-state index in [-0.39, 0.29) is 6.04 Å². The van der Waals surface area contributed by atoms with Crippen LogP contribution in [-0.4, -0.2) is 0 Å². The van der Waals surface area contributed by atoms with E-state index in [1.54, 1.807) is 0 Å². The van der Waals surface area contributed by atoms with Crippen molar-refractivity contribution < 1.29 is 4.74 Å². The lowest BCUT2D eigenvalue weighted by Crippen LogP contribution is -2.04. The molecular weight excluding hydrogens is 278 g/mol. The van der Waals surface area contributed by atoms with E-state index in [4.69, 9.17) is 10.5 Å². The van der Waals surface area contributed by atoms with Gasteiger partial charge in [-0.25, -0.2) is 0 Å². The molecule has 88 valence electrons. The van der Waals surface area contributed by atoms with E-state index in [1.807, 2.05) is 55.5 Å². The number of ether oxygens (including phenoxy) is 1. The lowest BCUT2D eigenvalue weighted by Gasteiger charge is -2.08. The van der Waals surface area contributed by atoms with Crippen molar-refractivity contribution in [2.75, 3.05) is 0 Å². The maximum absolute atomic E-state index is 5.79. The van der Waals surface area contributed by atoms with Crippen LogP contribution in [0.15, 0.2) is 53.0 Å². The molecule has 0 bridgehead atoms. The molecule has 0 saturated carbocycles. The molecule has 0 aliphatic heterocycles. The van der Waals surface area contributed by atoms with Gasteiger partial charge in [0.15, 0.2) is 0 Å². The normalized spacial score (nSPS) is 12.2. The molecule has 2 N–H and O–H groups in total. The highest BCUT2D eigenvalue weighted by molar-refractivity contribution is 9.10. The Morgan fingerprint density at radius 3 is 2.35 bits per heavy atom. The number of halogens is 1. The summed E-state index contributed by atoms with van der Waals surface area (Å²) in [4.78, 5) is 0. The highest BCUT2D eigenvalue weighted by Crippen LogP contribution is 2.25. The van der Waals surface area contributed by atoms with Gasteiger partial charge in [0.2, 0.25) is 0 Å². The Morgan fingerprint density at radius 1 is 1.06 bits per heavy atom. The molecule has 2 rings (SSSR count). The summed E-state index contributed by atoms with van der Waals surface area (Å²) in [6, 6.07) is 15.6. The fraction of sp³-hybridized carbons (Fsp3) is 0.143. The molecular formula is C14H14BrNO. The monoisotopic (exact) mass is 291 g/mol. The Labute approximate surface area is 110 Å². The second-order valence-electron chi connectivity index (χ2n) is 3.92. The first-order valence-corrected chi connectivity index (χ1v) is 6.23. The Bertz CT molecular complexity index is 494. The molecule has 2 aromatic rings. The van der Waals surface area contributed by atoms with E-state index < -0.39 is 0 Å². The molecule has 0 aromatic heterocycles. The minimum Gasteiger partial charge on any atom is -0.457 e. The van der Waals surface area contributed by atoms with Crippen molar-refractivity contribution in [3.05, 3.63) is 58.6 Å². The van der Waals surface area contributed by atoms with Crippen LogP contribution in [0.3, 0.4) is 0 Å². The van der Waals surface area contributed by atoms with E-state index in [0.29, 0.717) is 0 Å². The van der Waals surface area contributed by atoms with Gasteiger partial charge in [-0.05, 0) is 42.8 Å². The first-order valence-electron chi connectivity index (χ1n) is 5.44. The highest BCUT2D eigenvalue weighted by Gasteiger charge is 2.01. The minimum absolute atomic E-state index is 0.0509. The van der Waals surface area contributed by atoms with E-state index in [1.165, 1.54) is 0 Å². The van der Waals surface area contributed by atoms with Crippen LogP contribution in [0.25, 0.3) is 0 Å². The lowest BCUT2D eigenvalue weighted by molar-refractivity contribution is 0.482. The number of hydrogen-bond acceptors (Lipinski definition) is 2. The summed E-state index contributed by atoms with van der Waals surface area (Å²) in [7, 11) is 0. The van der Waals surface area contributed by atoms with Gasteiger partial charge in [0, 0.05) is 10.5 Å². The van der Waals surface area contributed by atoms with Gasteiger partial charge in [-0.2, -0.15) is 0 Å². The Hall–Kier alpha value is -1.32. The Morgan fingerprint density at radius 2 is 1.76 bits per heavy atom. The van der Waals surface area contributed by atoms with Gasteiger partial charge in [-0.15, -0.1) is 0 Å². The third kappa shape index (κ3) is 3.32. The molecule has 1 atom stereocenters. The maximum Gasteiger partial charge on any atom is 0.128 e. The molecule has 0 amide bonds. The number of hydrogen-bond donors (Lipinski definition) is 1. The topological polar surface area (TPSA) is 35.2 Å². The summed E-state index contributed by atoms with van der Waals surface area (Å²) in [5.41, 5.74) is 6.89. The van der Waals surface area contributed by atoms with Crippen molar-refractivity contribution >= 4 is 15.9 Å². The fourth-order valence-corrected chi connectivity index (χ4v) is 1.88. The van der Waals surface area contributed by atoms with Crippen LogP contribution in [0, 0.1) is 0 Å². The van der Waals surface area contributed by atoms with Crippen LogP contribution >= 0.6 is 15.9 Å². The van der Waals surface area contributed by atoms with Crippen molar-refractivity contribution in [1.29, 1.82) is 0 Å². The smallest absolute Gasteiger partial charge is 0.128 e. The molecule has 3 heteroatoms. The zero-order valence-electron chi connectivity index (χ0n) is 9.56. The maximum atomic E-state index is 5.79. The molecule has 0 spiro atoms. The average molecular weight is 292 g/mol. The van der Waals surface area contributed by atoms with Crippen LogP contribution in [0.5, 0.6) is 11.5 Å². The third-order valence-corrected chi connectivity index (χ3v) is 2.93. The summed E-state index contributed by atoms with van der Waals surface area (Å²) in [6.45, 7) is 1.96. The van der Waals surface area contributed by atoms with Crippen LogP contribution < -0.4 is 10.5 Å². The summed E-state index contributed by atoms with van der Waals surface area (Å²) in [5.74, 6) is 1.63. The number of rotatable bonds is 3. The minimum atomic E-state index is 0.0509. The molecule has 0 fully saturated rings. The SMILES string of the molecule is C[C@H](N)c1ccc(Oc2cccc(Br)c2)cc1. The van der Waals surface area contributed by atoms with Gasteiger partial charge < -0.3 is 10.5 Å². The second-order valence-corrected chi connectivity index (χ2v) is 4.83. The molecule has 2 aromatic carbocycles. The zero-order valence-corrected chi connectivity index (χ0v) is 11.1. The van der Waals surface area contributed by atoms with E-state index in [0.717, 1.165) is 21.5 Å². The molecule has 0 aliphatic carbocycles. The molecule has 0 radical (unpaired) electrons. The van der Waals surface area contributed by atoms with E-state index in [2.05, 4.69) is 15.9 Å². The first-order chi connectivity index (χ1) is 8.15. The summed E-state index contributed by atoms with van der Waals surface area (Å²) >= 11 is 3.41. The quantitative estimate of drug-likeness (QED) is 0.917. The molecule has 17 heavy (non-hydrogen) atoms. The first kappa shape index (κ1) is 12.1. The van der Waals surface area contributed by atoms with Crippen molar-refractivity contribution in [3.8, 4) is 11.5 Å². The Kier molecular flexibility index (Phi) is 3.82. The van der Waals surface area contributed by atoms with Gasteiger partial charge in [-0.1, -0.05) is 34.1 Å². The lowest BCUT2D eigenvalue weighted by atomic mass is 10.1. The standard InChI is InChI=1S/C14H14BrNO/c1-10(16)11-5-7-13(8-6-11)17-14-4-2-3-12(15)9-14/h2-10H,16H2,1H3/t10-/m0/s1. The summed E-state index contributed by atoms with van der Waals surface area (Å²) in [6.07, 6.45) is 0. The molecule has 2 nitrogen and oxygen atoms in total. The summed E-state index contributed by atoms with van der Waals surface area (Å²) in [5, 5.41) is 0. The fourth-order valence-electron chi connectivity index (χ4n) is 1.51. The van der Waals surface area contributed by atoms with Crippen LogP contribution in [-0.2, 0) is 0 Å². The highest BCUT2D eigenvalue weighted by atomic mass is 79.9. The Balaban J connectivity index is 2.14. The van der Waals surface area contributed by atoms with Crippen molar-refractivity contribution in [3.63, 3.8) is 0 Å². The van der Waals surface area contributed by atoms with Gasteiger partial charge in [-0.3, -0.25) is 0 Å². The molecule has 0 unspecified atom stereocenters. The predicted octanol–water partition coefficient (Wildman–Crippen LogP) is 4.26.